The molecule has 1 N–H and O–H groups in total. The second-order valence-corrected chi connectivity index (χ2v) is 7.65. The summed E-state index contributed by atoms with van der Waals surface area (Å²) < 4.78 is 5.69. The van der Waals surface area contributed by atoms with Crippen molar-refractivity contribution in [2.75, 3.05) is 6.61 Å². The highest BCUT2D eigenvalue weighted by Crippen LogP contribution is 2.31. The highest BCUT2D eigenvalue weighted by atomic mass is 16.5. The minimum Gasteiger partial charge on any atom is -0.494 e. The molecule has 0 radical (unpaired) electrons. The number of aliphatic hydroxyl groups is 1. The van der Waals surface area contributed by atoms with E-state index in [1.54, 1.807) is 12.2 Å². The number of para-hydroxylation sites is 1. The molecule has 3 heteroatoms. The Morgan fingerprint density at radius 1 is 1.14 bits per heavy atom. The molecular weight excluding hydrogens is 348 g/mol. The molecule has 1 aliphatic carbocycles. The molecule has 0 aromatic heterocycles. The third-order valence-electron chi connectivity index (χ3n) is 4.83. The zero-order valence-electron chi connectivity index (χ0n) is 17.3. The van der Waals surface area contributed by atoms with Gasteiger partial charge in [-0.3, -0.25) is 4.79 Å². The van der Waals surface area contributed by atoms with Crippen molar-refractivity contribution in [2.24, 2.45) is 0 Å². The Morgan fingerprint density at radius 3 is 2.61 bits per heavy atom. The molecule has 0 bridgehead atoms. The van der Waals surface area contributed by atoms with Gasteiger partial charge in [-0.2, -0.15) is 0 Å². The Bertz CT molecular complexity index is 764. The molecule has 1 aliphatic rings. The van der Waals surface area contributed by atoms with E-state index >= 15 is 0 Å². The van der Waals surface area contributed by atoms with Crippen molar-refractivity contribution < 1.29 is 14.6 Å². The van der Waals surface area contributed by atoms with E-state index in [2.05, 4.69) is 26.8 Å². The third-order valence-corrected chi connectivity index (χ3v) is 4.83. The van der Waals surface area contributed by atoms with E-state index in [0.29, 0.717) is 18.6 Å². The first-order chi connectivity index (χ1) is 13.4. The van der Waals surface area contributed by atoms with Gasteiger partial charge in [-0.25, -0.2) is 0 Å². The summed E-state index contributed by atoms with van der Waals surface area (Å²) in [5.41, 5.74) is 1.81. The number of carbonyl (C=O) groups is 1. The zero-order chi connectivity index (χ0) is 20.4. The summed E-state index contributed by atoms with van der Waals surface area (Å²) >= 11 is 0. The number of rotatable bonds is 10. The maximum absolute atomic E-state index is 12.2. The fraction of sp³-hybridized carbons (Fsp3) is 0.400. The van der Waals surface area contributed by atoms with Crippen LogP contribution in [-0.2, 0) is 4.79 Å². The molecule has 0 fully saturated rings. The van der Waals surface area contributed by atoms with Crippen molar-refractivity contribution in [1.82, 2.24) is 0 Å². The summed E-state index contributed by atoms with van der Waals surface area (Å²) in [5, 5.41) is 10.9. The van der Waals surface area contributed by atoms with Gasteiger partial charge in [-0.15, -0.1) is 0 Å². The Morgan fingerprint density at radius 2 is 1.89 bits per heavy atom. The molecule has 0 spiro atoms. The molecule has 1 atom stereocenters. The summed E-state index contributed by atoms with van der Waals surface area (Å²) in [6.07, 6.45) is 13.1. The first-order valence-corrected chi connectivity index (χ1v) is 10.1. The van der Waals surface area contributed by atoms with Gasteiger partial charge in [0, 0.05) is 5.57 Å². The summed E-state index contributed by atoms with van der Waals surface area (Å²) in [6, 6.07) is 9.70. The van der Waals surface area contributed by atoms with E-state index in [0.717, 1.165) is 31.4 Å². The van der Waals surface area contributed by atoms with E-state index in [-0.39, 0.29) is 5.78 Å². The van der Waals surface area contributed by atoms with Crippen LogP contribution in [-0.4, -0.2) is 23.1 Å². The van der Waals surface area contributed by atoms with Crippen LogP contribution in [0.15, 0.2) is 77.4 Å². The number of hydrogen-bond donors (Lipinski definition) is 1. The van der Waals surface area contributed by atoms with Crippen molar-refractivity contribution in [3.05, 3.63) is 77.4 Å². The lowest BCUT2D eigenvalue weighted by Crippen LogP contribution is -2.28. The van der Waals surface area contributed by atoms with Crippen LogP contribution in [0.2, 0.25) is 0 Å². The van der Waals surface area contributed by atoms with Crippen LogP contribution in [0.3, 0.4) is 0 Å². The van der Waals surface area contributed by atoms with Crippen LogP contribution in [0, 0.1) is 0 Å². The molecule has 0 saturated heterocycles. The smallest absolute Gasteiger partial charge is 0.184 e. The fourth-order valence-electron chi connectivity index (χ4n) is 3.15. The van der Waals surface area contributed by atoms with Crippen molar-refractivity contribution in [2.45, 2.75) is 58.5 Å². The molecule has 0 heterocycles. The average Bonchev–Trinajstić information content (AvgIpc) is 2.94. The number of allylic oxidation sites excluding steroid dienone is 6. The van der Waals surface area contributed by atoms with Gasteiger partial charge in [0.2, 0.25) is 0 Å². The zero-order valence-corrected chi connectivity index (χ0v) is 17.3. The predicted octanol–water partition coefficient (Wildman–Crippen LogP) is 5.72. The molecule has 0 amide bonds. The number of ether oxygens (including phenoxy) is 1. The molecule has 150 valence electrons. The average molecular weight is 381 g/mol. The van der Waals surface area contributed by atoms with Crippen molar-refractivity contribution >= 4 is 5.78 Å². The highest BCUT2D eigenvalue weighted by Gasteiger charge is 2.36. The van der Waals surface area contributed by atoms with Crippen LogP contribution in [0.5, 0.6) is 5.75 Å². The van der Waals surface area contributed by atoms with E-state index in [4.69, 9.17) is 4.74 Å². The Hall–Kier alpha value is -2.39. The van der Waals surface area contributed by atoms with Crippen LogP contribution in [0.4, 0.5) is 0 Å². The van der Waals surface area contributed by atoms with Crippen LogP contribution in [0.1, 0.15) is 52.9 Å². The van der Waals surface area contributed by atoms with E-state index in [9.17, 15) is 9.90 Å². The SMILES string of the molecule is CC(C)=CCC/C(C)=C/C=C1\C(=O)C=CC1(O)CCCCOc1ccccc1. The van der Waals surface area contributed by atoms with E-state index in [1.807, 2.05) is 36.4 Å². The molecule has 3 nitrogen and oxygen atoms in total. The van der Waals surface area contributed by atoms with Gasteiger partial charge in [0.15, 0.2) is 5.78 Å². The molecule has 0 aliphatic heterocycles. The Balaban J connectivity index is 1.86. The lowest BCUT2D eigenvalue weighted by Gasteiger charge is -2.22. The minimum absolute atomic E-state index is 0.101. The van der Waals surface area contributed by atoms with E-state index < -0.39 is 5.60 Å². The molecule has 1 aromatic carbocycles. The quantitative estimate of drug-likeness (QED) is 0.320. The monoisotopic (exact) mass is 380 g/mol. The maximum Gasteiger partial charge on any atom is 0.184 e. The lowest BCUT2D eigenvalue weighted by atomic mass is 9.90. The first-order valence-electron chi connectivity index (χ1n) is 10.1. The summed E-state index contributed by atoms with van der Waals surface area (Å²) in [7, 11) is 0. The molecule has 1 aromatic rings. The highest BCUT2D eigenvalue weighted by molar-refractivity contribution is 6.09. The number of hydrogen-bond acceptors (Lipinski definition) is 3. The van der Waals surface area contributed by atoms with Gasteiger partial charge >= 0.3 is 0 Å². The van der Waals surface area contributed by atoms with E-state index in [1.165, 1.54) is 17.2 Å². The second-order valence-electron chi connectivity index (χ2n) is 7.65. The van der Waals surface area contributed by atoms with Gasteiger partial charge in [0.05, 0.1) is 6.61 Å². The summed E-state index contributed by atoms with van der Waals surface area (Å²) in [6.45, 7) is 6.84. The predicted molar refractivity (Wildman–Crippen MR) is 115 cm³/mol. The van der Waals surface area contributed by atoms with Gasteiger partial charge in [0.1, 0.15) is 11.4 Å². The van der Waals surface area contributed by atoms with Crippen LogP contribution >= 0.6 is 0 Å². The minimum atomic E-state index is -1.17. The van der Waals surface area contributed by atoms with Gasteiger partial charge in [0.25, 0.3) is 0 Å². The molecule has 0 saturated carbocycles. The van der Waals surface area contributed by atoms with Crippen molar-refractivity contribution in [3.63, 3.8) is 0 Å². The molecule has 2 rings (SSSR count). The van der Waals surface area contributed by atoms with Crippen LogP contribution in [0.25, 0.3) is 0 Å². The second kappa shape index (κ2) is 10.8. The number of unbranched alkanes of at least 4 members (excludes halogenated alkanes) is 1. The molecule has 1 unspecified atom stereocenters. The molecule has 28 heavy (non-hydrogen) atoms. The number of benzene rings is 1. The van der Waals surface area contributed by atoms with Gasteiger partial charge in [-0.1, -0.05) is 47.6 Å². The summed E-state index contributed by atoms with van der Waals surface area (Å²) in [5.74, 6) is 0.753. The standard InChI is InChI=1S/C25H32O3/c1-20(2)10-9-11-21(3)14-15-23-24(26)16-18-25(23,27)17-7-8-19-28-22-12-5-4-6-13-22/h4-6,10,12-16,18,27H,7-9,11,17,19H2,1-3H3/b21-14+,23-15+. The first kappa shape index (κ1) is 21.9. The van der Waals surface area contributed by atoms with Gasteiger partial charge in [-0.05, 0) is 77.2 Å². The van der Waals surface area contributed by atoms with Crippen molar-refractivity contribution in [3.8, 4) is 5.75 Å². The Labute approximate surface area is 169 Å². The lowest BCUT2D eigenvalue weighted by molar-refractivity contribution is -0.112. The normalized spacial score (nSPS) is 20.6. The largest absolute Gasteiger partial charge is 0.494 e. The maximum atomic E-state index is 12.2. The fourth-order valence-corrected chi connectivity index (χ4v) is 3.15. The van der Waals surface area contributed by atoms with Gasteiger partial charge < -0.3 is 9.84 Å². The third kappa shape index (κ3) is 6.97. The Kier molecular flexibility index (Phi) is 8.46. The number of ketones is 1. The molecular formula is C25H32O3. The van der Waals surface area contributed by atoms with Crippen LogP contribution < -0.4 is 4.74 Å². The number of carbonyl (C=O) groups excluding carboxylic acids is 1. The summed E-state index contributed by atoms with van der Waals surface area (Å²) in [4.78, 5) is 12.2. The van der Waals surface area contributed by atoms with Crippen molar-refractivity contribution in [1.29, 1.82) is 0 Å². The topological polar surface area (TPSA) is 46.5 Å².